The first-order valence-corrected chi connectivity index (χ1v) is 6.94. The summed E-state index contributed by atoms with van der Waals surface area (Å²) < 4.78 is 44.4. The molecule has 1 heterocycles. The van der Waals surface area contributed by atoms with Gasteiger partial charge in [0, 0.05) is 32.8 Å². The fourth-order valence-corrected chi connectivity index (χ4v) is 2.16. The Bertz CT molecular complexity index is 356. The van der Waals surface area contributed by atoms with Gasteiger partial charge in [0.05, 0.1) is 0 Å². The number of carbonyl (C=O) groups excluding carboxylic acids is 1. The molecule has 0 aromatic carbocycles. The lowest BCUT2D eigenvalue weighted by Gasteiger charge is -2.42. The lowest BCUT2D eigenvalue weighted by atomic mass is 10.1. The SMILES string of the molecule is CC(C)(C)OC(=O)N1CCN(CCCO)C(C(F)(F)F)C1. The molecule has 0 aliphatic carbocycles. The molecule has 8 heteroatoms. The molecule has 1 aliphatic heterocycles. The van der Waals surface area contributed by atoms with E-state index in [1.165, 1.54) is 4.90 Å². The Labute approximate surface area is 122 Å². The maximum atomic E-state index is 13.1. The molecule has 1 fully saturated rings. The lowest BCUT2D eigenvalue weighted by Crippen LogP contribution is -2.60. The summed E-state index contributed by atoms with van der Waals surface area (Å²) in [4.78, 5) is 14.2. The van der Waals surface area contributed by atoms with E-state index < -0.39 is 30.5 Å². The minimum absolute atomic E-state index is 0.115. The Morgan fingerprint density at radius 2 is 1.90 bits per heavy atom. The van der Waals surface area contributed by atoms with Gasteiger partial charge in [-0.2, -0.15) is 13.2 Å². The topological polar surface area (TPSA) is 53.0 Å². The number of rotatable bonds is 3. The van der Waals surface area contributed by atoms with Gasteiger partial charge in [0.25, 0.3) is 0 Å². The van der Waals surface area contributed by atoms with Gasteiger partial charge in [0.1, 0.15) is 11.6 Å². The van der Waals surface area contributed by atoms with Gasteiger partial charge in [-0.15, -0.1) is 0 Å². The lowest BCUT2D eigenvalue weighted by molar-refractivity contribution is -0.195. The molecule has 1 aliphatic rings. The first kappa shape index (κ1) is 18.0. The second-order valence-electron chi connectivity index (χ2n) is 6.10. The van der Waals surface area contributed by atoms with E-state index in [9.17, 15) is 18.0 Å². The van der Waals surface area contributed by atoms with Crippen LogP contribution in [0.3, 0.4) is 0 Å². The molecule has 0 spiro atoms. The third-order valence-corrected chi connectivity index (χ3v) is 3.12. The van der Waals surface area contributed by atoms with E-state index >= 15 is 0 Å². The van der Waals surface area contributed by atoms with Crippen molar-refractivity contribution in [3.8, 4) is 0 Å². The molecule has 21 heavy (non-hydrogen) atoms. The zero-order valence-electron chi connectivity index (χ0n) is 12.6. The summed E-state index contributed by atoms with van der Waals surface area (Å²) in [5.74, 6) is 0. The molecule has 1 atom stereocenters. The van der Waals surface area contributed by atoms with Crippen LogP contribution in [0.15, 0.2) is 0 Å². The molecule has 1 amide bonds. The van der Waals surface area contributed by atoms with E-state index in [2.05, 4.69) is 0 Å². The average Bonchev–Trinajstić information content (AvgIpc) is 2.33. The second-order valence-corrected chi connectivity index (χ2v) is 6.10. The van der Waals surface area contributed by atoms with Gasteiger partial charge < -0.3 is 14.7 Å². The molecule has 0 radical (unpaired) electrons. The summed E-state index contributed by atoms with van der Waals surface area (Å²) in [5.41, 5.74) is -0.737. The van der Waals surface area contributed by atoms with Crippen molar-refractivity contribution in [1.29, 1.82) is 0 Å². The zero-order valence-corrected chi connectivity index (χ0v) is 12.6. The van der Waals surface area contributed by atoms with Crippen LogP contribution in [-0.2, 0) is 4.74 Å². The van der Waals surface area contributed by atoms with Gasteiger partial charge in [0.2, 0.25) is 0 Å². The molecule has 0 aromatic rings. The molecule has 1 N–H and O–H groups in total. The summed E-state index contributed by atoms with van der Waals surface area (Å²) in [5, 5.41) is 8.76. The van der Waals surface area contributed by atoms with Gasteiger partial charge >= 0.3 is 12.3 Å². The number of halogens is 3. The predicted molar refractivity (Wildman–Crippen MR) is 70.9 cm³/mol. The monoisotopic (exact) mass is 312 g/mol. The molecule has 5 nitrogen and oxygen atoms in total. The van der Waals surface area contributed by atoms with Crippen molar-refractivity contribution in [2.24, 2.45) is 0 Å². The Morgan fingerprint density at radius 3 is 2.38 bits per heavy atom. The van der Waals surface area contributed by atoms with Gasteiger partial charge in [-0.1, -0.05) is 0 Å². The Morgan fingerprint density at radius 1 is 1.29 bits per heavy atom. The quantitative estimate of drug-likeness (QED) is 0.864. The number of nitrogens with zero attached hydrogens (tertiary/aromatic N) is 2. The predicted octanol–water partition coefficient (Wildman–Crippen LogP) is 1.85. The smallest absolute Gasteiger partial charge is 0.410 e. The average molecular weight is 312 g/mol. The van der Waals surface area contributed by atoms with E-state index in [-0.39, 0.29) is 32.7 Å². The first-order valence-electron chi connectivity index (χ1n) is 6.94. The van der Waals surface area contributed by atoms with E-state index in [1.807, 2.05) is 0 Å². The fraction of sp³-hybridized carbons (Fsp3) is 0.923. The number of ether oxygens (including phenoxy) is 1. The number of piperazine rings is 1. The third kappa shape index (κ3) is 5.70. The third-order valence-electron chi connectivity index (χ3n) is 3.12. The van der Waals surface area contributed by atoms with E-state index in [0.29, 0.717) is 0 Å². The highest BCUT2D eigenvalue weighted by Crippen LogP contribution is 2.28. The van der Waals surface area contributed by atoms with Crippen LogP contribution in [0.25, 0.3) is 0 Å². The van der Waals surface area contributed by atoms with Crippen LogP contribution >= 0.6 is 0 Å². The number of hydrogen-bond acceptors (Lipinski definition) is 4. The van der Waals surface area contributed by atoms with Crippen molar-refractivity contribution in [3.05, 3.63) is 0 Å². The van der Waals surface area contributed by atoms with Crippen molar-refractivity contribution >= 4 is 6.09 Å². The molecular weight excluding hydrogens is 289 g/mol. The molecule has 0 bridgehead atoms. The highest BCUT2D eigenvalue weighted by atomic mass is 19.4. The van der Waals surface area contributed by atoms with E-state index in [1.54, 1.807) is 20.8 Å². The van der Waals surface area contributed by atoms with Crippen LogP contribution in [0, 0.1) is 0 Å². The van der Waals surface area contributed by atoms with Crippen molar-refractivity contribution in [1.82, 2.24) is 9.80 Å². The number of aliphatic hydroxyl groups is 1. The number of aliphatic hydroxyl groups excluding tert-OH is 1. The van der Waals surface area contributed by atoms with Crippen LogP contribution in [0.2, 0.25) is 0 Å². The van der Waals surface area contributed by atoms with Crippen molar-refractivity contribution in [2.45, 2.75) is 45.0 Å². The van der Waals surface area contributed by atoms with Gasteiger partial charge in [-0.3, -0.25) is 4.90 Å². The Hall–Kier alpha value is -1.02. The minimum atomic E-state index is -4.42. The summed E-state index contributed by atoms with van der Waals surface area (Å²) in [6.07, 6.45) is -4.87. The highest BCUT2D eigenvalue weighted by molar-refractivity contribution is 5.68. The van der Waals surface area contributed by atoms with E-state index in [4.69, 9.17) is 9.84 Å². The van der Waals surface area contributed by atoms with Gasteiger partial charge in [0.15, 0.2) is 0 Å². The van der Waals surface area contributed by atoms with Crippen molar-refractivity contribution < 1.29 is 27.8 Å². The van der Waals surface area contributed by atoms with Crippen LogP contribution in [-0.4, -0.2) is 71.6 Å². The standard InChI is InChI=1S/C13H23F3N2O3/c1-12(2,3)21-11(20)18-7-6-17(5-4-8-19)10(9-18)13(14,15)16/h10,19H,4-9H2,1-3H3. The molecule has 0 aromatic heterocycles. The summed E-state index contributed by atoms with van der Waals surface area (Å²) in [7, 11) is 0. The fourth-order valence-electron chi connectivity index (χ4n) is 2.16. The molecule has 1 unspecified atom stereocenters. The highest BCUT2D eigenvalue weighted by Gasteiger charge is 2.47. The Kier molecular flexibility index (Phi) is 5.86. The Balaban J connectivity index is 2.72. The van der Waals surface area contributed by atoms with Gasteiger partial charge in [-0.25, -0.2) is 4.79 Å². The van der Waals surface area contributed by atoms with Crippen LogP contribution in [0.4, 0.5) is 18.0 Å². The summed E-state index contributed by atoms with van der Waals surface area (Å²) in [6, 6.07) is -1.72. The zero-order chi connectivity index (χ0) is 16.3. The van der Waals surface area contributed by atoms with Crippen LogP contribution < -0.4 is 0 Å². The summed E-state index contributed by atoms with van der Waals surface area (Å²) >= 11 is 0. The number of carbonyl (C=O) groups is 1. The van der Waals surface area contributed by atoms with E-state index in [0.717, 1.165) is 4.90 Å². The first-order chi connectivity index (χ1) is 9.54. The second kappa shape index (κ2) is 6.83. The summed E-state index contributed by atoms with van der Waals surface area (Å²) in [6.45, 7) is 4.87. The van der Waals surface area contributed by atoms with Gasteiger partial charge in [-0.05, 0) is 27.2 Å². The number of amides is 1. The minimum Gasteiger partial charge on any atom is -0.444 e. The van der Waals surface area contributed by atoms with Crippen molar-refractivity contribution in [3.63, 3.8) is 0 Å². The maximum absolute atomic E-state index is 13.1. The molecule has 1 rings (SSSR count). The molecule has 0 saturated carbocycles. The molecule has 1 saturated heterocycles. The molecule has 124 valence electrons. The van der Waals surface area contributed by atoms with Crippen LogP contribution in [0.1, 0.15) is 27.2 Å². The number of hydrogen-bond donors (Lipinski definition) is 1. The number of alkyl halides is 3. The normalized spacial score (nSPS) is 21.5. The maximum Gasteiger partial charge on any atom is 0.410 e. The largest absolute Gasteiger partial charge is 0.444 e. The van der Waals surface area contributed by atoms with Crippen LogP contribution in [0.5, 0.6) is 0 Å². The molecular formula is C13H23F3N2O3. The van der Waals surface area contributed by atoms with Crippen molar-refractivity contribution in [2.75, 3.05) is 32.8 Å².